The summed E-state index contributed by atoms with van der Waals surface area (Å²) in [6, 6.07) is 10.7. The predicted molar refractivity (Wildman–Crippen MR) is 127 cm³/mol. The normalized spacial score (nSPS) is 12.3. The van der Waals surface area contributed by atoms with E-state index < -0.39 is 23.4 Å². The first-order valence-electron chi connectivity index (χ1n) is 10.1. The monoisotopic (exact) mass is 499 g/mol. The van der Waals surface area contributed by atoms with Gasteiger partial charge in [-0.05, 0) is 42.6 Å². The van der Waals surface area contributed by atoms with E-state index in [2.05, 4.69) is 25.7 Å². The molecule has 0 bridgehead atoms. The molecule has 2 heterocycles. The van der Waals surface area contributed by atoms with Crippen molar-refractivity contribution >= 4 is 45.9 Å². The van der Waals surface area contributed by atoms with Crippen LogP contribution >= 0.6 is 11.6 Å². The van der Waals surface area contributed by atoms with Gasteiger partial charge in [-0.2, -0.15) is 18.3 Å². The Bertz CT molecular complexity index is 1460. The minimum absolute atomic E-state index is 0.0886. The van der Waals surface area contributed by atoms with E-state index in [1.54, 1.807) is 31.2 Å². The van der Waals surface area contributed by atoms with Gasteiger partial charge in [0.2, 0.25) is 0 Å². The van der Waals surface area contributed by atoms with Crippen LogP contribution in [0.1, 0.15) is 5.82 Å². The number of allylic oxidation sites excluding steroid dienone is 1. The molecule has 35 heavy (non-hydrogen) atoms. The molecular weight excluding hydrogens is 483 g/mol. The van der Waals surface area contributed by atoms with Gasteiger partial charge >= 0.3 is 6.18 Å². The van der Waals surface area contributed by atoms with Crippen LogP contribution in [0.2, 0.25) is 5.02 Å². The number of hydrogen-bond donors (Lipinski definition) is 3. The Kier molecular flexibility index (Phi) is 6.52. The molecule has 0 atom stereocenters. The fourth-order valence-corrected chi connectivity index (χ4v) is 3.65. The minimum atomic E-state index is -4.96. The summed E-state index contributed by atoms with van der Waals surface area (Å²) >= 11 is 6.29. The average Bonchev–Trinajstić information content (AvgIpc) is 3.24. The Labute approximate surface area is 202 Å². The van der Waals surface area contributed by atoms with Gasteiger partial charge in [0.15, 0.2) is 0 Å². The first-order valence-corrected chi connectivity index (χ1v) is 10.5. The maximum Gasteiger partial charge on any atom is 0.432 e. The molecule has 4 aromatic rings. The van der Waals surface area contributed by atoms with Gasteiger partial charge in [0.25, 0.3) is 5.91 Å². The molecule has 4 rings (SSSR count). The van der Waals surface area contributed by atoms with Gasteiger partial charge in [-0.25, -0.2) is 9.67 Å². The Morgan fingerprint density at radius 1 is 1.17 bits per heavy atom. The molecule has 0 unspecified atom stereocenters. The van der Waals surface area contributed by atoms with E-state index in [1.165, 1.54) is 41.6 Å². The van der Waals surface area contributed by atoms with Gasteiger partial charge < -0.3 is 16.0 Å². The van der Waals surface area contributed by atoms with Gasteiger partial charge in [0.1, 0.15) is 17.8 Å². The third-order valence-corrected chi connectivity index (χ3v) is 5.34. The fraction of sp³-hybridized carbons (Fsp3) is 0.0870. The molecule has 0 saturated heterocycles. The van der Waals surface area contributed by atoms with Crippen LogP contribution < -0.4 is 10.6 Å². The van der Waals surface area contributed by atoms with Crippen molar-refractivity contribution in [3.63, 3.8) is 0 Å². The summed E-state index contributed by atoms with van der Waals surface area (Å²) in [5.41, 5.74) is -1.60. The number of hydrogen-bond acceptors (Lipinski definition) is 6. The zero-order valence-electron chi connectivity index (χ0n) is 18.1. The molecule has 12 heteroatoms. The number of rotatable bonds is 6. The molecule has 1 amide bonds. The van der Waals surface area contributed by atoms with Crippen LogP contribution in [0.25, 0.3) is 16.5 Å². The van der Waals surface area contributed by atoms with Gasteiger partial charge in [0, 0.05) is 35.4 Å². The van der Waals surface area contributed by atoms with Crippen molar-refractivity contribution in [1.82, 2.24) is 19.7 Å². The van der Waals surface area contributed by atoms with Crippen molar-refractivity contribution in [3.05, 3.63) is 83.3 Å². The van der Waals surface area contributed by atoms with Crippen molar-refractivity contribution in [3.8, 4) is 5.69 Å². The number of pyridine rings is 1. The molecule has 0 aliphatic rings. The zero-order chi connectivity index (χ0) is 25.2. The number of nitrogens with zero attached hydrogens (tertiary/aromatic N) is 4. The lowest BCUT2D eigenvalue weighted by Crippen LogP contribution is -2.27. The topological polar surface area (TPSA) is 109 Å². The summed E-state index contributed by atoms with van der Waals surface area (Å²) in [4.78, 5) is 20.8. The average molecular weight is 500 g/mol. The highest BCUT2D eigenvalue weighted by Crippen LogP contribution is 2.32. The second-order valence-corrected chi connectivity index (χ2v) is 7.70. The summed E-state index contributed by atoms with van der Waals surface area (Å²) in [6.07, 6.45) is -0.329. The van der Waals surface area contributed by atoms with Crippen molar-refractivity contribution in [1.29, 1.82) is 5.41 Å². The van der Waals surface area contributed by atoms with E-state index in [1.807, 2.05) is 0 Å². The first-order chi connectivity index (χ1) is 16.7. The third-order valence-electron chi connectivity index (χ3n) is 5.04. The predicted octanol–water partition coefficient (Wildman–Crippen LogP) is 5.29. The third kappa shape index (κ3) is 4.99. The van der Waals surface area contributed by atoms with Crippen LogP contribution in [0.5, 0.6) is 0 Å². The standard InChI is InChI=1S/C23H17ClF3N7O/c1-13-30-12-31-34(13)20-6-5-15(9-18(20)24)32-22(35)16(10-28)21(23(25,26)27)33-19-4-2-3-14-7-8-29-11-17(14)19/h2-12,28,33H,1H3,(H,32,35)/b21-16+,28-10?. The van der Waals surface area contributed by atoms with E-state index in [0.29, 0.717) is 28.5 Å². The second kappa shape index (κ2) is 9.55. The molecule has 0 spiro atoms. The second-order valence-electron chi connectivity index (χ2n) is 7.30. The van der Waals surface area contributed by atoms with Crippen LogP contribution in [0.15, 0.2) is 72.5 Å². The fourth-order valence-electron chi connectivity index (χ4n) is 3.39. The molecule has 2 aromatic heterocycles. The van der Waals surface area contributed by atoms with E-state index in [4.69, 9.17) is 17.0 Å². The van der Waals surface area contributed by atoms with Crippen molar-refractivity contribution in [2.75, 3.05) is 10.6 Å². The van der Waals surface area contributed by atoms with E-state index in [-0.39, 0.29) is 16.4 Å². The molecular formula is C23H17ClF3N7O. The Morgan fingerprint density at radius 2 is 1.97 bits per heavy atom. The highest BCUT2D eigenvalue weighted by Gasteiger charge is 2.38. The summed E-state index contributed by atoms with van der Waals surface area (Å²) in [5.74, 6) is -0.568. The van der Waals surface area contributed by atoms with E-state index in [0.717, 1.165) is 0 Å². The Hall–Kier alpha value is -4.25. The lowest BCUT2D eigenvalue weighted by molar-refractivity contribution is -0.114. The van der Waals surface area contributed by atoms with Gasteiger partial charge in [0.05, 0.1) is 16.3 Å². The largest absolute Gasteiger partial charge is 0.432 e. The van der Waals surface area contributed by atoms with E-state index >= 15 is 0 Å². The number of alkyl halides is 3. The molecule has 0 aliphatic carbocycles. The number of anilines is 2. The van der Waals surface area contributed by atoms with Crippen LogP contribution in [-0.2, 0) is 4.79 Å². The minimum Gasteiger partial charge on any atom is -0.350 e. The number of carbonyl (C=O) groups is 1. The molecule has 0 aliphatic heterocycles. The SMILES string of the molecule is Cc1ncnn1-c1ccc(NC(=O)/C(C=N)=C(/Nc2cccc3ccncc23)C(F)(F)F)cc1Cl. The number of fused-ring (bicyclic) bond motifs is 1. The maximum absolute atomic E-state index is 14.0. The molecule has 178 valence electrons. The number of halogens is 4. The lowest BCUT2D eigenvalue weighted by atomic mass is 10.1. The van der Waals surface area contributed by atoms with Gasteiger partial charge in [-0.3, -0.25) is 9.78 Å². The smallest absolute Gasteiger partial charge is 0.350 e. The molecule has 0 saturated carbocycles. The number of aryl methyl sites for hydroxylation is 1. The molecule has 8 nitrogen and oxygen atoms in total. The molecule has 3 N–H and O–H groups in total. The van der Waals surface area contributed by atoms with Crippen LogP contribution in [0, 0.1) is 12.3 Å². The quantitative estimate of drug-likeness (QED) is 0.246. The summed E-state index contributed by atoms with van der Waals surface area (Å²) < 4.78 is 43.5. The first kappa shape index (κ1) is 23.9. The number of benzene rings is 2. The van der Waals surface area contributed by atoms with Crippen molar-refractivity contribution < 1.29 is 18.0 Å². The Balaban J connectivity index is 1.68. The number of carbonyl (C=O) groups excluding carboxylic acids is 1. The van der Waals surface area contributed by atoms with Gasteiger partial charge in [-0.15, -0.1) is 0 Å². The molecule has 0 fully saturated rings. The maximum atomic E-state index is 14.0. The number of aromatic nitrogens is 4. The zero-order valence-corrected chi connectivity index (χ0v) is 18.8. The summed E-state index contributed by atoms with van der Waals surface area (Å²) in [5, 5.41) is 17.5. The van der Waals surface area contributed by atoms with Crippen LogP contribution in [-0.4, -0.2) is 38.0 Å². The highest BCUT2D eigenvalue weighted by atomic mass is 35.5. The highest BCUT2D eigenvalue weighted by molar-refractivity contribution is 6.32. The summed E-state index contributed by atoms with van der Waals surface area (Å²) in [6.45, 7) is 1.72. The molecule has 0 radical (unpaired) electrons. The summed E-state index contributed by atoms with van der Waals surface area (Å²) in [7, 11) is 0. The van der Waals surface area contributed by atoms with E-state index in [9.17, 15) is 18.0 Å². The van der Waals surface area contributed by atoms with Crippen LogP contribution in [0.3, 0.4) is 0 Å². The lowest BCUT2D eigenvalue weighted by Gasteiger charge is -2.19. The number of nitrogens with one attached hydrogen (secondary N) is 3. The van der Waals surface area contributed by atoms with Gasteiger partial charge in [-0.1, -0.05) is 23.7 Å². The Morgan fingerprint density at radius 3 is 2.63 bits per heavy atom. The number of amides is 1. The van der Waals surface area contributed by atoms with Crippen molar-refractivity contribution in [2.45, 2.75) is 13.1 Å². The van der Waals surface area contributed by atoms with Crippen molar-refractivity contribution in [2.24, 2.45) is 0 Å². The molecule has 2 aromatic carbocycles. The van der Waals surface area contributed by atoms with Crippen LogP contribution in [0.4, 0.5) is 24.5 Å².